The van der Waals surface area contributed by atoms with E-state index in [1.54, 1.807) is 23.6 Å². The van der Waals surface area contributed by atoms with Crippen LogP contribution in [0, 0.1) is 17.0 Å². The molecule has 1 aromatic carbocycles. The average molecular weight is 371 g/mol. The Kier molecular flexibility index (Phi) is 5.22. The number of fused-ring (bicyclic) bond motifs is 1. The van der Waals surface area contributed by atoms with Crippen LogP contribution in [0.1, 0.15) is 28.4 Å². The molecule has 0 amide bonds. The molecule has 26 heavy (non-hydrogen) atoms. The van der Waals surface area contributed by atoms with Gasteiger partial charge in [0.05, 0.1) is 17.0 Å². The Labute approximate surface area is 154 Å². The van der Waals surface area contributed by atoms with E-state index in [4.69, 9.17) is 4.74 Å². The van der Waals surface area contributed by atoms with E-state index in [0.717, 1.165) is 11.1 Å². The minimum Gasteiger partial charge on any atom is -0.462 e. The van der Waals surface area contributed by atoms with E-state index < -0.39 is 10.9 Å². The number of carbonyl (C=O) groups excluding carboxylic acids is 1. The summed E-state index contributed by atoms with van der Waals surface area (Å²) in [6, 6.07) is 10.2. The molecule has 0 bridgehead atoms. The van der Waals surface area contributed by atoms with Crippen molar-refractivity contribution in [3.05, 3.63) is 69.4 Å². The van der Waals surface area contributed by atoms with Gasteiger partial charge in [-0.25, -0.2) is 9.31 Å². The van der Waals surface area contributed by atoms with Gasteiger partial charge in [-0.1, -0.05) is 23.9 Å². The van der Waals surface area contributed by atoms with E-state index in [1.165, 1.54) is 23.9 Å². The van der Waals surface area contributed by atoms with Crippen LogP contribution < -0.4 is 0 Å². The van der Waals surface area contributed by atoms with Crippen LogP contribution in [-0.2, 0) is 10.5 Å². The topological polar surface area (TPSA) is 86.7 Å². The molecular formula is C18H17N3O4S. The van der Waals surface area contributed by atoms with Crippen LogP contribution >= 0.6 is 11.8 Å². The molecule has 8 heteroatoms. The predicted molar refractivity (Wildman–Crippen MR) is 98.5 cm³/mol. The fourth-order valence-electron chi connectivity index (χ4n) is 2.49. The molecular weight excluding hydrogens is 354 g/mol. The molecule has 0 aliphatic rings. The maximum atomic E-state index is 12.4. The van der Waals surface area contributed by atoms with E-state index in [0.29, 0.717) is 21.9 Å². The smallest absolute Gasteiger partial charge is 0.343 e. The van der Waals surface area contributed by atoms with Crippen molar-refractivity contribution in [1.29, 1.82) is 0 Å². The van der Waals surface area contributed by atoms with Crippen LogP contribution in [0.2, 0.25) is 0 Å². The van der Waals surface area contributed by atoms with Gasteiger partial charge in [-0.05, 0) is 37.1 Å². The lowest BCUT2D eigenvalue weighted by molar-refractivity contribution is -0.384. The van der Waals surface area contributed by atoms with Gasteiger partial charge in [0, 0.05) is 24.1 Å². The summed E-state index contributed by atoms with van der Waals surface area (Å²) < 4.78 is 6.85. The number of hydrogen-bond donors (Lipinski definition) is 0. The molecule has 0 saturated heterocycles. The second-order valence-electron chi connectivity index (χ2n) is 5.65. The molecule has 0 N–H and O–H groups in total. The fourth-order valence-corrected chi connectivity index (χ4v) is 3.47. The second kappa shape index (κ2) is 7.57. The number of pyridine rings is 1. The number of benzene rings is 1. The monoisotopic (exact) mass is 371 g/mol. The van der Waals surface area contributed by atoms with Crippen LogP contribution in [0.15, 0.2) is 47.6 Å². The van der Waals surface area contributed by atoms with Crippen molar-refractivity contribution in [2.45, 2.75) is 24.6 Å². The van der Waals surface area contributed by atoms with Gasteiger partial charge in [-0.2, -0.15) is 5.10 Å². The molecule has 2 aromatic heterocycles. The zero-order valence-electron chi connectivity index (χ0n) is 14.3. The van der Waals surface area contributed by atoms with Gasteiger partial charge < -0.3 is 4.74 Å². The van der Waals surface area contributed by atoms with E-state index in [2.05, 4.69) is 5.10 Å². The minimum absolute atomic E-state index is 0.0502. The molecule has 0 aliphatic heterocycles. The first kappa shape index (κ1) is 17.9. The van der Waals surface area contributed by atoms with Gasteiger partial charge >= 0.3 is 5.97 Å². The maximum Gasteiger partial charge on any atom is 0.343 e. The quantitative estimate of drug-likeness (QED) is 0.281. The van der Waals surface area contributed by atoms with Crippen molar-refractivity contribution in [2.75, 3.05) is 6.61 Å². The Balaban J connectivity index is 1.90. The zero-order valence-corrected chi connectivity index (χ0v) is 15.2. The summed E-state index contributed by atoms with van der Waals surface area (Å²) in [5.41, 5.74) is 3.13. The van der Waals surface area contributed by atoms with Gasteiger partial charge in [0.15, 0.2) is 0 Å². The number of nitro benzene ring substituents is 1. The standard InChI is InChI=1S/C18H17N3O4S/c1-3-25-18(22)16-15-10-12(2)8-9-20(15)19-17(16)26-11-13-4-6-14(7-5-13)21(23)24/h4-10H,3,11H2,1-2H3. The lowest BCUT2D eigenvalue weighted by Gasteiger charge is -2.04. The van der Waals surface area contributed by atoms with Gasteiger partial charge in [0.2, 0.25) is 0 Å². The average Bonchev–Trinajstić information content (AvgIpc) is 2.98. The summed E-state index contributed by atoms with van der Waals surface area (Å²) in [5.74, 6) is 0.132. The molecule has 0 aliphatic carbocycles. The fraction of sp³-hybridized carbons (Fsp3) is 0.222. The number of aryl methyl sites for hydroxylation is 1. The van der Waals surface area contributed by atoms with Crippen molar-refractivity contribution >= 4 is 28.9 Å². The van der Waals surface area contributed by atoms with Crippen molar-refractivity contribution in [3.63, 3.8) is 0 Å². The number of hydrogen-bond acceptors (Lipinski definition) is 6. The number of nitrogens with zero attached hydrogens (tertiary/aromatic N) is 3. The van der Waals surface area contributed by atoms with Crippen molar-refractivity contribution in [3.8, 4) is 0 Å². The Morgan fingerprint density at radius 1 is 1.31 bits per heavy atom. The second-order valence-corrected chi connectivity index (χ2v) is 6.61. The number of nitro groups is 1. The Morgan fingerprint density at radius 2 is 2.04 bits per heavy atom. The van der Waals surface area contributed by atoms with E-state index in [1.807, 2.05) is 25.3 Å². The highest BCUT2D eigenvalue weighted by Gasteiger charge is 2.21. The number of rotatable bonds is 6. The summed E-state index contributed by atoms with van der Waals surface area (Å²) in [7, 11) is 0. The van der Waals surface area contributed by atoms with Crippen molar-refractivity contribution in [1.82, 2.24) is 9.61 Å². The van der Waals surface area contributed by atoms with E-state index >= 15 is 0 Å². The highest BCUT2D eigenvalue weighted by atomic mass is 32.2. The number of carbonyl (C=O) groups is 1. The third-order valence-corrected chi connectivity index (χ3v) is 4.80. The number of non-ortho nitro benzene ring substituents is 1. The minimum atomic E-state index is -0.430. The number of esters is 1. The van der Waals surface area contributed by atoms with Gasteiger partial charge in [-0.15, -0.1) is 0 Å². The molecule has 0 unspecified atom stereocenters. The molecule has 0 atom stereocenters. The summed E-state index contributed by atoms with van der Waals surface area (Å²) in [5, 5.41) is 15.8. The summed E-state index contributed by atoms with van der Waals surface area (Å²) >= 11 is 1.40. The first-order valence-corrected chi connectivity index (χ1v) is 9.00. The molecule has 0 spiro atoms. The lowest BCUT2D eigenvalue weighted by Crippen LogP contribution is -2.05. The summed E-state index contributed by atoms with van der Waals surface area (Å²) in [6.45, 7) is 4.00. The Bertz CT molecular complexity index is 966. The largest absolute Gasteiger partial charge is 0.462 e. The Hall–Kier alpha value is -2.87. The normalized spacial score (nSPS) is 10.8. The lowest BCUT2D eigenvalue weighted by atomic mass is 10.2. The van der Waals surface area contributed by atoms with Gasteiger partial charge in [0.25, 0.3) is 5.69 Å². The molecule has 134 valence electrons. The SMILES string of the molecule is CCOC(=O)c1c(SCc2ccc([N+](=O)[O-])cc2)nn2ccc(C)cc12. The highest BCUT2D eigenvalue weighted by Crippen LogP contribution is 2.29. The summed E-state index contributed by atoms with van der Waals surface area (Å²) in [6.07, 6.45) is 1.81. The van der Waals surface area contributed by atoms with Crippen LogP contribution in [0.4, 0.5) is 5.69 Å². The molecule has 0 radical (unpaired) electrons. The van der Waals surface area contributed by atoms with Crippen molar-refractivity contribution < 1.29 is 14.5 Å². The van der Waals surface area contributed by atoms with Crippen LogP contribution in [0.5, 0.6) is 0 Å². The van der Waals surface area contributed by atoms with Gasteiger partial charge in [-0.3, -0.25) is 10.1 Å². The molecule has 2 heterocycles. The van der Waals surface area contributed by atoms with E-state index in [9.17, 15) is 14.9 Å². The van der Waals surface area contributed by atoms with Crippen molar-refractivity contribution in [2.24, 2.45) is 0 Å². The Morgan fingerprint density at radius 3 is 2.69 bits per heavy atom. The van der Waals surface area contributed by atoms with Crippen LogP contribution in [-0.4, -0.2) is 27.1 Å². The number of ether oxygens (including phenoxy) is 1. The molecule has 0 fully saturated rings. The van der Waals surface area contributed by atoms with E-state index in [-0.39, 0.29) is 12.3 Å². The zero-order chi connectivity index (χ0) is 18.7. The molecule has 3 aromatic rings. The molecule has 0 saturated carbocycles. The van der Waals surface area contributed by atoms with Gasteiger partial charge in [0.1, 0.15) is 10.6 Å². The molecule has 3 rings (SSSR count). The van der Waals surface area contributed by atoms with Crippen LogP contribution in [0.3, 0.4) is 0 Å². The maximum absolute atomic E-state index is 12.4. The predicted octanol–water partition coefficient (Wildman–Crippen LogP) is 4.02. The highest BCUT2D eigenvalue weighted by molar-refractivity contribution is 7.98. The number of thioether (sulfide) groups is 1. The third kappa shape index (κ3) is 3.70. The molecule has 7 nitrogen and oxygen atoms in total. The summed E-state index contributed by atoms with van der Waals surface area (Å²) in [4.78, 5) is 22.7. The first-order valence-electron chi connectivity index (χ1n) is 8.02. The number of aromatic nitrogens is 2. The first-order chi connectivity index (χ1) is 12.5. The third-order valence-electron chi connectivity index (χ3n) is 3.76. The van der Waals surface area contributed by atoms with Crippen LogP contribution in [0.25, 0.3) is 5.52 Å².